The Kier molecular flexibility index (Phi) is 53.2. The van der Waals surface area contributed by atoms with E-state index in [1.165, 1.54) is 225 Å². The number of unbranched alkanes of at least 4 members (excludes halogenated alkanes) is 42. The summed E-state index contributed by atoms with van der Waals surface area (Å²) in [4.78, 5) is 25.1. The lowest BCUT2D eigenvalue weighted by atomic mass is 9.99. The van der Waals surface area contributed by atoms with E-state index in [4.69, 9.17) is 14.2 Å². The van der Waals surface area contributed by atoms with Gasteiger partial charge in [-0.05, 0) is 57.8 Å². The summed E-state index contributed by atoms with van der Waals surface area (Å²) < 4.78 is 16.7. The van der Waals surface area contributed by atoms with Crippen LogP contribution in [0.25, 0.3) is 0 Å². The molecule has 1 heterocycles. The van der Waals surface area contributed by atoms with Gasteiger partial charge in [0.05, 0.1) is 32.0 Å². The topological polar surface area (TPSA) is 175 Å². The van der Waals surface area contributed by atoms with Gasteiger partial charge in [-0.3, -0.25) is 9.59 Å². The van der Waals surface area contributed by atoms with Gasteiger partial charge in [0.2, 0.25) is 5.91 Å². The Labute approximate surface area is 473 Å². The van der Waals surface area contributed by atoms with Gasteiger partial charge in [0.15, 0.2) is 6.29 Å². The summed E-state index contributed by atoms with van der Waals surface area (Å²) in [5.41, 5.74) is 0. The molecular weight excluding hydrogens is 967 g/mol. The van der Waals surface area contributed by atoms with Crippen LogP contribution in [-0.2, 0) is 23.8 Å². The fraction of sp³-hybridized carbons (Fsp3) is 0.909. The van der Waals surface area contributed by atoms with E-state index in [0.717, 1.165) is 70.6 Å². The van der Waals surface area contributed by atoms with Crippen LogP contribution in [0.1, 0.15) is 322 Å². The third-order valence-corrected chi connectivity index (χ3v) is 15.8. The number of hydrogen-bond donors (Lipinski definition) is 6. The third kappa shape index (κ3) is 45.4. The largest absolute Gasteiger partial charge is 0.466 e. The maximum absolute atomic E-state index is 13.0. The lowest BCUT2D eigenvalue weighted by Crippen LogP contribution is -2.60. The van der Waals surface area contributed by atoms with Gasteiger partial charge in [0.25, 0.3) is 0 Å². The van der Waals surface area contributed by atoms with E-state index < -0.39 is 49.5 Å². The van der Waals surface area contributed by atoms with Gasteiger partial charge in [-0.15, -0.1) is 0 Å². The van der Waals surface area contributed by atoms with Gasteiger partial charge < -0.3 is 45.1 Å². The van der Waals surface area contributed by atoms with E-state index in [-0.39, 0.29) is 18.5 Å². The molecular formula is C66H125NO10. The molecule has 0 radical (unpaired) electrons. The zero-order chi connectivity index (χ0) is 55.9. The monoisotopic (exact) mass is 1090 g/mol. The van der Waals surface area contributed by atoms with Crippen molar-refractivity contribution in [3.63, 3.8) is 0 Å². The van der Waals surface area contributed by atoms with Crippen LogP contribution in [-0.4, -0.2) is 100 Å². The minimum absolute atomic E-state index is 0.00223. The quantitative estimate of drug-likeness (QED) is 0.0195. The number of aliphatic hydroxyl groups excluding tert-OH is 5. The molecule has 6 N–H and O–H groups in total. The molecule has 1 fully saturated rings. The molecule has 1 saturated heterocycles. The first-order chi connectivity index (χ1) is 37.7. The highest BCUT2D eigenvalue weighted by atomic mass is 16.7. The van der Waals surface area contributed by atoms with E-state index >= 15 is 0 Å². The Morgan fingerprint density at radius 2 is 0.831 bits per heavy atom. The van der Waals surface area contributed by atoms with Crippen molar-refractivity contribution in [1.82, 2.24) is 5.32 Å². The maximum atomic E-state index is 13.0. The number of amides is 1. The Morgan fingerprint density at radius 1 is 0.468 bits per heavy atom. The third-order valence-electron chi connectivity index (χ3n) is 15.8. The molecule has 1 aliphatic heterocycles. The average Bonchev–Trinajstić information content (AvgIpc) is 3.43. The molecule has 7 unspecified atom stereocenters. The molecule has 7 atom stereocenters. The van der Waals surface area contributed by atoms with Crippen molar-refractivity contribution < 1.29 is 49.3 Å². The second-order valence-corrected chi connectivity index (χ2v) is 23.2. The lowest BCUT2D eigenvalue weighted by Gasteiger charge is -2.40. The first kappa shape index (κ1) is 73.2. The van der Waals surface area contributed by atoms with Crippen molar-refractivity contribution >= 4 is 11.9 Å². The molecule has 11 heteroatoms. The SMILES string of the molecule is CCCCCCCCC/C=C/C(O)C(COC1OC(CO)C(O)C(O)C1O)NC(=O)CCCCCCCCC/C=C\CCCCCCCCCCCCCOC(=O)CCCCCCCCCCCCCCCCCCCC. The molecule has 0 saturated carbocycles. The van der Waals surface area contributed by atoms with E-state index in [0.29, 0.717) is 19.4 Å². The lowest BCUT2D eigenvalue weighted by molar-refractivity contribution is -0.302. The highest BCUT2D eigenvalue weighted by molar-refractivity contribution is 5.76. The van der Waals surface area contributed by atoms with Crippen LogP contribution in [0.3, 0.4) is 0 Å². The van der Waals surface area contributed by atoms with Gasteiger partial charge >= 0.3 is 5.97 Å². The molecule has 11 nitrogen and oxygen atoms in total. The smallest absolute Gasteiger partial charge is 0.305 e. The average molecular weight is 1090 g/mol. The summed E-state index contributed by atoms with van der Waals surface area (Å²) in [6.07, 6.45) is 58.8. The number of aliphatic hydroxyl groups is 5. The van der Waals surface area contributed by atoms with Crippen LogP contribution in [0.5, 0.6) is 0 Å². The zero-order valence-corrected chi connectivity index (χ0v) is 50.2. The first-order valence-corrected chi connectivity index (χ1v) is 33.1. The van der Waals surface area contributed by atoms with E-state index in [1.54, 1.807) is 6.08 Å². The number of hydrogen-bond acceptors (Lipinski definition) is 10. The molecule has 454 valence electrons. The predicted octanol–water partition coefficient (Wildman–Crippen LogP) is 16.1. The number of nitrogens with one attached hydrogen (secondary N) is 1. The predicted molar refractivity (Wildman–Crippen MR) is 320 cm³/mol. The standard InChI is InChI=1S/C66H125NO10/c1-3-5-7-9-11-13-14-15-16-17-25-28-31-34-38-42-46-50-54-62(71)75-55-51-47-43-39-35-32-29-26-23-21-19-18-20-22-24-27-30-33-37-41-45-49-53-61(70)67-58(59(69)52-48-44-40-36-12-10-8-6-4-2)57-76-66-65(74)64(73)63(72)60(56-68)77-66/h20,22,48,52,58-60,63-66,68-69,72-74H,3-19,21,23-47,49-51,53-57H2,1-2H3,(H,67,70)/b22-20-,52-48+. The van der Waals surface area contributed by atoms with Gasteiger partial charge in [-0.2, -0.15) is 0 Å². The number of carbonyl (C=O) groups is 2. The molecule has 0 aromatic heterocycles. The summed E-state index contributed by atoms with van der Waals surface area (Å²) >= 11 is 0. The Balaban J connectivity index is 1.96. The molecule has 1 amide bonds. The summed E-state index contributed by atoms with van der Waals surface area (Å²) in [5.74, 6) is -0.188. The normalized spacial score (nSPS) is 18.7. The van der Waals surface area contributed by atoms with Crippen LogP contribution >= 0.6 is 0 Å². The molecule has 1 aliphatic rings. The van der Waals surface area contributed by atoms with Crippen molar-refractivity contribution in [2.75, 3.05) is 19.8 Å². The number of carbonyl (C=O) groups excluding carboxylic acids is 2. The van der Waals surface area contributed by atoms with Crippen molar-refractivity contribution in [2.24, 2.45) is 0 Å². The molecule has 0 bridgehead atoms. The van der Waals surface area contributed by atoms with Crippen LogP contribution in [0.15, 0.2) is 24.3 Å². The number of allylic oxidation sites excluding steroid dienone is 3. The van der Waals surface area contributed by atoms with Gasteiger partial charge in [0.1, 0.15) is 24.4 Å². The number of esters is 1. The van der Waals surface area contributed by atoms with Gasteiger partial charge in [-0.25, -0.2) is 0 Å². The van der Waals surface area contributed by atoms with Crippen LogP contribution in [0.2, 0.25) is 0 Å². The molecule has 77 heavy (non-hydrogen) atoms. The second kappa shape index (κ2) is 56.0. The minimum Gasteiger partial charge on any atom is -0.466 e. The van der Waals surface area contributed by atoms with E-state index in [1.807, 2.05) is 6.08 Å². The highest BCUT2D eigenvalue weighted by Crippen LogP contribution is 2.23. The molecule has 1 rings (SSSR count). The number of ether oxygens (including phenoxy) is 3. The Morgan fingerprint density at radius 3 is 1.25 bits per heavy atom. The van der Waals surface area contributed by atoms with Crippen molar-refractivity contribution in [3.05, 3.63) is 24.3 Å². The second-order valence-electron chi connectivity index (χ2n) is 23.2. The van der Waals surface area contributed by atoms with Gasteiger partial charge in [-0.1, -0.05) is 276 Å². The molecule has 0 aliphatic carbocycles. The Bertz CT molecular complexity index is 1330. The fourth-order valence-corrected chi connectivity index (χ4v) is 10.5. The van der Waals surface area contributed by atoms with Crippen molar-refractivity contribution in [1.29, 1.82) is 0 Å². The molecule has 0 spiro atoms. The van der Waals surface area contributed by atoms with Crippen LogP contribution in [0, 0.1) is 0 Å². The summed E-state index contributed by atoms with van der Waals surface area (Å²) in [6.45, 7) is 4.33. The van der Waals surface area contributed by atoms with Crippen molar-refractivity contribution in [3.8, 4) is 0 Å². The Hall–Kier alpha value is -1.86. The van der Waals surface area contributed by atoms with Crippen LogP contribution in [0.4, 0.5) is 0 Å². The first-order valence-electron chi connectivity index (χ1n) is 33.1. The minimum atomic E-state index is -1.57. The number of rotatable bonds is 58. The van der Waals surface area contributed by atoms with Crippen molar-refractivity contribution in [2.45, 2.75) is 365 Å². The zero-order valence-electron chi connectivity index (χ0n) is 50.2. The highest BCUT2D eigenvalue weighted by Gasteiger charge is 2.44. The van der Waals surface area contributed by atoms with Crippen LogP contribution < -0.4 is 5.32 Å². The van der Waals surface area contributed by atoms with E-state index in [9.17, 15) is 35.1 Å². The maximum Gasteiger partial charge on any atom is 0.305 e. The molecule has 0 aromatic rings. The summed E-state index contributed by atoms with van der Waals surface area (Å²) in [7, 11) is 0. The fourth-order valence-electron chi connectivity index (χ4n) is 10.5. The molecule has 0 aromatic carbocycles. The van der Waals surface area contributed by atoms with E-state index in [2.05, 4.69) is 31.3 Å². The summed E-state index contributed by atoms with van der Waals surface area (Å²) in [6, 6.07) is -0.813. The van der Waals surface area contributed by atoms with Gasteiger partial charge in [0, 0.05) is 12.8 Å². The summed E-state index contributed by atoms with van der Waals surface area (Å²) in [5, 5.41) is 54.2.